The third kappa shape index (κ3) is 3.08. The van der Waals surface area contributed by atoms with Crippen molar-refractivity contribution in [2.75, 3.05) is 31.2 Å². The zero-order valence-corrected chi connectivity index (χ0v) is 13.9. The molecule has 120 valence electrons. The van der Waals surface area contributed by atoms with Crippen LogP contribution in [0, 0.1) is 5.92 Å². The number of rotatable bonds is 3. The maximum Gasteiger partial charge on any atom is 0.0667 e. The van der Waals surface area contributed by atoms with Gasteiger partial charge in [-0.3, -0.25) is 4.98 Å². The van der Waals surface area contributed by atoms with E-state index in [2.05, 4.69) is 28.1 Å². The van der Waals surface area contributed by atoms with Crippen LogP contribution in [0.25, 0.3) is 11.1 Å². The first-order valence-corrected chi connectivity index (χ1v) is 8.74. The van der Waals surface area contributed by atoms with Crippen molar-refractivity contribution in [2.24, 2.45) is 5.92 Å². The maximum absolute atomic E-state index is 6.31. The first kappa shape index (κ1) is 15.0. The Bertz CT molecular complexity index is 698. The first-order chi connectivity index (χ1) is 11.3. The average molecular weight is 329 g/mol. The lowest BCUT2D eigenvalue weighted by Gasteiger charge is -2.28. The third-order valence-corrected chi connectivity index (χ3v) is 5.28. The molecular weight excluding hydrogens is 308 g/mol. The van der Waals surface area contributed by atoms with Crippen molar-refractivity contribution in [1.82, 2.24) is 4.98 Å². The zero-order chi connectivity index (χ0) is 15.6. The van der Waals surface area contributed by atoms with Gasteiger partial charge in [-0.1, -0.05) is 23.7 Å². The van der Waals surface area contributed by atoms with Gasteiger partial charge in [0.2, 0.25) is 0 Å². The van der Waals surface area contributed by atoms with Gasteiger partial charge in [-0.05, 0) is 48.4 Å². The van der Waals surface area contributed by atoms with Crippen LogP contribution in [0.5, 0.6) is 0 Å². The highest BCUT2D eigenvalue weighted by molar-refractivity contribution is 6.33. The SMILES string of the molecule is Clc1cnccc1-c1ccc2c(c1)N(CC1CCOCC1)CC2. The number of halogens is 1. The molecule has 4 rings (SSSR count). The van der Waals surface area contributed by atoms with Crippen molar-refractivity contribution in [3.05, 3.63) is 47.2 Å². The molecule has 0 amide bonds. The van der Waals surface area contributed by atoms with Crippen molar-refractivity contribution in [2.45, 2.75) is 19.3 Å². The van der Waals surface area contributed by atoms with E-state index in [0.29, 0.717) is 5.02 Å². The topological polar surface area (TPSA) is 25.4 Å². The minimum absolute atomic E-state index is 0.710. The number of anilines is 1. The quantitative estimate of drug-likeness (QED) is 0.844. The van der Waals surface area contributed by atoms with Crippen molar-refractivity contribution in [3.8, 4) is 11.1 Å². The van der Waals surface area contributed by atoms with E-state index in [0.717, 1.165) is 44.2 Å². The van der Waals surface area contributed by atoms with E-state index in [4.69, 9.17) is 16.3 Å². The number of fused-ring (bicyclic) bond motifs is 1. The van der Waals surface area contributed by atoms with Crippen molar-refractivity contribution in [3.63, 3.8) is 0 Å². The Morgan fingerprint density at radius 3 is 2.91 bits per heavy atom. The van der Waals surface area contributed by atoms with Crippen LogP contribution in [0.4, 0.5) is 5.69 Å². The molecule has 2 aromatic rings. The molecule has 0 bridgehead atoms. The van der Waals surface area contributed by atoms with Crippen LogP contribution in [0.2, 0.25) is 5.02 Å². The van der Waals surface area contributed by atoms with Crippen molar-refractivity contribution < 1.29 is 4.74 Å². The molecule has 0 aliphatic carbocycles. The molecule has 0 atom stereocenters. The fourth-order valence-electron chi connectivity index (χ4n) is 3.65. The Kier molecular flexibility index (Phi) is 4.23. The molecule has 0 N–H and O–H groups in total. The summed E-state index contributed by atoms with van der Waals surface area (Å²) < 4.78 is 5.48. The van der Waals surface area contributed by atoms with Gasteiger partial charge in [-0.15, -0.1) is 0 Å². The number of hydrogen-bond donors (Lipinski definition) is 0. The molecule has 0 radical (unpaired) electrons. The molecular formula is C19H21ClN2O. The van der Waals surface area contributed by atoms with Crippen molar-refractivity contribution in [1.29, 1.82) is 0 Å². The summed E-state index contributed by atoms with van der Waals surface area (Å²) in [4.78, 5) is 6.63. The molecule has 3 nitrogen and oxygen atoms in total. The van der Waals surface area contributed by atoms with Gasteiger partial charge >= 0.3 is 0 Å². The molecule has 0 unspecified atom stereocenters. The lowest BCUT2D eigenvalue weighted by molar-refractivity contribution is 0.0683. The van der Waals surface area contributed by atoms with E-state index >= 15 is 0 Å². The minimum atomic E-state index is 0.710. The van der Waals surface area contributed by atoms with Crippen LogP contribution in [0.3, 0.4) is 0 Å². The van der Waals surface area contributed by atoms with Gasteiger partial charge in [0.1, 0.15) is 0 Å². The van der Waals surface area contributed by atoms with E-state index in [9.17, 15) is 0 Å². The van der Waals surface area contributed by atoms with Crippen LogP contribution >= 0.6 is 11.6 Å². The Morgan fingerprint density at radius 2 is 2.09 bits per heavy atom. The fraction of sp³-hybridized carbons (Fsp3) is 0.421. The molecule has 1 fully saturated rings. The lowest BCUT2D eigenvalue weighted by Crippen LogP contribution is -2.31. The van der Waals surface area contributed by atoms with Crippen LogP contribution < -0.4 is 4.90 Å². The second-order valence-electron chi connectivity index (χ2n) is 6.45. The average Bonchev–Trinajstić information content (AvgIpc) is 2.98. The molecule has 1 aromatic carbocycles. The maximum atomic E-state index is 6.31. The predicted molar refractivity (Wildman–Crippen MR) is 94.1 cm³/mol. The van der Waals surface area contributed by atoms with Crippen LogP contribution in [0.15, 0.2) is 36.7 Å². The summed E-state index contributed by atoms with van der Waals surface area (Å²) in [6.07, 6.45) is 7.02. The number of nitrogens with zero attached hydrogens (tertiary/aromatic N) is 2. The zero-order valence-electron chi connectivity index (χ0n) is 13.2. The summed E-state index contributed by atoms with van der Waals surface area (Å²) in [5.74, 6) is 0.753. The molecule has 0 saturated carbocycles. The molecule has 1 aromatic heterocycles. The summed E-state index contributed by atoms with van der Waals surface area (Å²) in [5, 5.41) is 0.710. The second-order valence-corrected chi connectivity index (χ2v) is 6.86. The van der Waals surface area contributed by atoms with E-state index in [-0.39, 0.29) is 0 Å². The molecule has 0 spiro atoms. The summed E-state index contributed by atoms with van der Waals surface area (Å²) in [5.41, 5.74) is 5.06. The summed E-state index contributed by atoms with van der Waals surface area (Å²) in [6, 6.07) is 8.72. The lowest BCUT2D eigenvalue weighted by atomic mass is 9.99. The van der Waals surface area contributed by atoms with Gasteiger partial charge in [0, 0.05) is 49.9 Å². The highest BCUT2D eigenvalue weighted by atomic mass is 35.5. The Balaban J connectivity index is 1.60. The first-order valence-electron chi connectivity index (χ1n) is 8.37. The molecule has 4 heteroatoms. The molecule has 2 aliphatic rings. The van der Waals surface area contributed by atoms with Gasteiger partial charge in [-0.25, -0.2) is 0 Å². The largest absolute Gasteiger partial charge is 0.381 e. The summed E-state index contributed by atoms with van der Waals surface area (Å²) in [6.45, 7) is 4.10. The second kappa shape index (κ2) is 6.50. The van der Waals surface area contributed by atoms with Crippen LogP contribution in [0.1, 0.15) is 18.4 Å². The highest BCUT2D eigenvalue weighted by Gasteiger charge is 2.24. The standard InChI is InChI=1S/C19H21ClN2O/c20-18-12-21-7-3-17(18)16-2-1-15-4-8-22(19(15)11-16)13-14-5-9-23-10-6-14/h1-3,7,11-12,14H,4-6,8-10,13H2. The number of aromatic nitrogens is 1. The van der Waals surface area contributed by atoms with Gasteiger partial charge in [0.25, 0.3) is 0 Å². The highest BCUT2D eigenvalue weighted by Crippen LogP contribution is 2.35. The number of pyridine rings is 1. The number of hydrogen-bond acceptors (Lipinski definition) is 3. The number of ether oxygens (including phenoxy) is 1. The van der Waals surface area contributed by atoms with E-state index in [1.165, 1.54) is 29.7 Å². The van der Waals surface area contributed by atoms with Gasteiger partial charge in [0.15, 0.2) is 0 Å². The van der Waals surface area contributed by atoms with E-state index in [1.54, 1.807) is 12.4 Å². The molecule has 23 heavy (non-hydrogen) atoms. The third-order valence-electron chi connectivity index (χ3n) is 4.98. The smallest absolute Gasteiger partial charge is 0.0667 e. The fourth-order valence-corrected chi connectivity index (χ4v) is 3.88. The summed E-state index contributed by atoms with van der Waals surface area (Å²) in [7, 11) is 0. The molecule has 1 saturated heterocycles. The van der Waals surface area contributed by atoms with Gasteiger partial charge < -0.3 is 9.64 Å². The molecule has 3 heterocycles. The van der Waals surface area contributed by atoms with Gasteiger partial charge in [-0.2, -0.15) is 0 Å². The molecule has 2 aliphatic heterocycles. The Hall–Kier alpha value is -1.58. The van der Waals surface area contributed by atoms with E-state index in [1.807, 2.05) is 6.07 Å². The van der Waals surface area contributed by atoms with E-state index < -0.39 is 0 Å². The number of benzene rings is 1. The van der Waals surface area contributed by atoms with Crippen LogP contribution in [-0.4, -0.2) is 31.3 Å². The van der Waals surface area contributed by atoms with Crippen molar-refractivity contribution >= 4 is 17.3 Å². The minimum Gasteiger partial charge on any atom is -0.381 e. The summed E-state index contributed by atoms with van der Waals surface area (Å²) >= 11 is 6.31. The normalized spacial score (nSPS) is 18.2. The predicted octanol–water partition coefficient (Wildman–Crippen LogP) is 4.19. The van der Waals surface area contributed by atoms with Gasteiger partial charge in [0.05, 0.1) is 5.02 Å². The Morgan fingerprint density at radius 1 is 1.22 bits per heavy atom. The Labute approximate surface area is 142 Å². The monoisotopic (exact) mass is 328 g/mol. The van der Waals surface area contributed by atoms with Crippen LogP contribution in [-0.2, 0) is 11.2 Å².